The molecule has 6 rings (SSSR count). The number of halogens is 1. The van der Waals surface area contributed by atoms with E-state index in [9.17, 15) is 4.79 Å². The zero-order valence-corrected chi connectivity index (χ0v) is 19.7. The topological polar surface area (TPSA) is 69.0 Å². The number of allylic oxidation sites excluding steroid dienone is 2. The Morgan fingerprint density at radius 3 is 2.51 bits per heavy atom. The van der Waals surface area contributed by atoms with E-state index in [1.54, 1.807) is 0 Å². The molecule has 1 aliphatic carbocycles. The zero-order valence-electron chi connectivity index (χ0n) is 18.9. The molecule has 1 aromatic heterocycles. The molecule has 7 heteroatoms. The monoisotopic (exact) mass is 482 g/mol. The van der Waals surface area contributed by atoms with E-state index in [2.05, 4.69) is 5.32 Å². The summed E-state index contributed by atoms with van der Waals surface area (Å²) >= 11 is 6.06. The molecular weight excluding hydrogens is 460 g/mol. The number of fused-ring (bicyclic) bond motifs is 1. The van der Waals surface area contributed by atoms with Crippen LogP contribution in [0.15, 0.2) is 90.1 Å². The summed E-state index contributed by atoms with van der Waals surface area (Å²) in [5.74, 6) is 2.15. The highest BCUT2D eigenvalue weighted by Crippen LogP contribution is 2.41. The van der Waals surface area contributed by atoms with Crippen molar-refractivity contribution in [1.82, 2.24) is 14.8 Å². The number of carbonyl (C=O) groups excluding carboxylic acids is 1. The van der Waals surface area contributed by atoms with Gasteiger partial charge >= 0.3 is 0 Å². The molecule has 6 nitrogen and oxygen atoms in total. The summed E-state index contributed by atoms with van der Waals surface area (Å²) in [5.41, 5.74) is 4.66. The number of ketones is 1. The van der Waals surface area contributed by atoms with Gasteiger partial charge in [-0.1, -0.05) is 54.1 Å². The highest BCUT2D eigenvalue weighted by molar-refractivity contribution is 6.30. The first-order chi connectivity index (χ1) is 17.2. The molecule has 35 heavy (non-hydrogen) atoms. The van der Waals surface area contributed by atoms with Crippen molar-refractivity contribution in [1.29, 1.82) is 0 Å². The molecular formula is C28H23ClN4O2. The van der Waals surface area contributed by atoms with Crippen LogP contribution in [0.25, 0.3) is 11.4 Å². The van der Waals surface area contributed by atoms with Crippen LogP contribution >= 0.6 is 11.6 Å². The number of ether oxygens (including phenoxy) is 1. The van der Waals surface area contributed by atoms with Gasteiger partial charge in [-0.25, -0.2) is 4.68 Å². The SMILES string of the molecule is O=C1CCCC2=C1C(c1ccc(OCc3ccccc3)cc1)n1nc(-c3ccc(Cl)cc3)nc1N2. The van der Waals surface area contributed by atoms with Gasteiger partial charge in [0, 0.05) is 28.3 Å². The molecule has 4 aromatic rings. The van der Waals surface area contributed by atoms with Gasteiger partial charge in [0.1, 0.15) is 18.4 Å². The first-order valence-corrected chi connectivity index (χ1v) is 12.1. The molecule has 0 spiro atoms. The van der Waals surface area contributed by atoms with Crippen molar-refractivity contribution in [2.45, 2.75) is 31.9 Å². The normalized spacial score (nSPS) is 16.9. The highest BCUT2D eigenvalue weighted by atomic mass is 35.5. The van der Waals surface area contributed by atoms with Crippen LogP contribution in [0.4, 0.5) is 5.95 Å². The molecule has 0 radical (unpaired) electrons. The maximum absolute atomic E-state index is 13.1. The smallest absolute Gasteiger partial charge is 0.226 e. The molecule has 0 saturated carbocycles. The van der Waals surface area contributed by atoms with E-state index >= 15 is 0 Å². The number of hydrogen-bond acceptors (Lipinski definition) is 5. The molecule has 3 aromatic carbocycles. The van der Waals surface area contributed by atoms with E-state index in [4.69, 9.17) is 26.4 Å². The van der Waals surface area contributed by atoms with Crippen molar-refractivity contribution in [2.75, 3.05) is 5.32 Å². The van der Waals surface area contributed by atoms with Crippen LogP contribution in [0.3, 0.4) is 0 Å². The van der Waals surface area contributed by atoms with Crippen molar-refractivity contribution < 1.29 is 9.53 Å². The summed E-state index contributed by atoms with van der Waals surface area (Å²) in [4.78, 5) is 17.8. The molecule has 1 N–H and O–H groups in total. The minimum absolute atomic E-state index is 0.155. The van der Waals surface area contributed by atoms with Gasteiger partial charge in [0.15, 0.2) is 11.6 Å². The van der Waals surface area contributed by atoms with Gasteiger partial charge in [0.05, 0.1) is 0 Å². The second-order valence-electron chi connectivity index (χ2n) is 8.75. The quantitative estimate of drug-likeness (QED) is 0.367. The van der Waals surface area contributed by atoms with Gasteiger partial charge in [0.2, 0.25) is 5.95 Å². The number of rotatable bonds is 5. The lowest BCUT2D eigenvalue weighted by molar-refractivity contribution is -0.116. The Kier molecular flexibility index (Phi) is 5.58. The third kappa shape index (κ3) is 4.21. The third-order valence-electron chi connectivity index (χ3n) is 6.41. The predicted molar refractivity (Wildman–Crippen MR) is 135 cm³/mol. The van der Waals surface area contributed by atoms with Crippen molar-refractivity contribution in [3.8, 4) is 17.1 Å². The highest BCUT2D eigenvalue weighted by Gasteiger charge is 2.36. The summed E-state index contributed by atoms with van der Waals surface area (Å²) in [7, 11) is 0. The lowest BCUT2D eigenvalue weighted by Crippen LogP contribution is -2.31. The van der Waals surface area contributed by atoms with Crippen molar-refractivity contribution in [3.63, 3.8) is 0 Å². The first kappa shape index (κ1) is 21.6. The van der Waals surface area contributed by atoms with Gasteiger partial charge in [-0.05, 0) is 60.4 Å². The average molecular weight is 483 g/mol. The molecule has 0 fully saturated rings. The minimum Gasteiger partial charge on any atom is -0.489 e. The Bertz CT molecular complexity index is 1410. The molecule has 1 aliphatic heterocycles. The summed E-state index contributed by atoms with van der Waals surface area (Å²) in [6.45, 7) is 0.499. The second kappa shape index (κ2) is 9.04. The fourth-order valence-electron chi connectivity index (χ4n) is 4.67. The lowest BCUT2D eigenvalue weighted by Gasteiger charge is -2.32. The zero-order chi connectivity index (χ0) is 23.8. The summed E-state index contributed by atoms with van der Waals surface area (Å²) in [6, 6.07) is 25.1. The Labute approximate surface area is 208 Å². The molecule has 1 atom stereocenters. The average Bonchev–Trinajstić information content (AvgIpc) is 3.31. The number of nitrogens with zero attached hydrogens (tertiary/aromatic N) is 3. The van der Waals surface area contributed by atoms with E-state index in [1.807, 2.05) is 83.5 Å². The Hall–Kier alpha value is -3.90. The van der Waals surface area contributed by atoms with Gasteiger partial charge in [-0.3, -0.25) is 4.79 Å². The Morgan fingerprint density at radius 1 is 0.971 bits per heavy atom. The number of benzene rings is 3. The van der Waals surface area contributed by atoms with E-state index in [1.165, 1.54) is 0 Å². The van der Waals surface area contributed by atoms with Crippen LogP contribution in [0.1, 0.15) is 36.4 Å². The van der Waals surface area contributed by atoms with Crippen LogP contribution in [0.2, 0.25) is 5.02 Å². The standard InChI is InChI=1S/C28H23ClN4O2/c29-21-13-9-20(10-14-21)27-31-28-30-23-7-4-8-24(34)25(23)26(33(28)32-27)19-11-15-22(16-12-19)35-17-18-5-2-1-3-6-18/h1-3,5-6,9-16,26H,4,7-8,17H2,(H,30,31,32). The number of Topliss-reactive ketones (excluding diaryl/α,β-unsaturated/α-hetero) is 1. The number of carbonyl (C=O) groups is 1. The molecule has 0 bridgehead atoms. The van der Waals surface area contributed by atoms with Gasteiger partial charge < -0.3 is 10.1 Å². The number of aromatic nitrogens is 3. The van der Waals surface area contributed by atoms with Crippen LogP contribution < -0.4 is 10.1 Å². The van der Waals surface area contributed by atoms with Crippen LogP contribution in [-0.2, 0) is 11.4 Å². The van der Waals surface area contributed by atoms with Crippen LogP contribution in [-0.4, -0.2) is 20.5 Å². The summed E-state index contributed by atoms with van der Waals surface area (Å²) in [5, 5.41) is 8.85. The molecule has 1 unspecified atom stereocenters. The molecule has 0 saturated heterocycles. The third-order valence-corrected chi connectivity index (χ3v) is 6.67. The van der Waals surface area contributed by atoms with E-state index in [0.29, 0.717) is 29.8 Å². The summed E-state index contributed by atoms with van der Waals surface area (Å²) in [6.07, 6.45) is 2.20. The Morgan fingerprint density at radius 2 is 1.74 bits per heavy atom. The largest absolute Gasteiger partial charge is 0.489 e. The maximum Gasteiger partial charge on any atom is 0.226 e. The van der Waals surface area contributed by atoms with Gasteiger partial charge in [-0.15, -0.1) is 5.10 Å². The number of hydrogen-bond donors (Lipinski definition) is 1. The van der Waals surface area contributed by atoms with E-state index in [0.717, 1.165) is 46.6 Å². The maximum atomic E-state index is 13.1. The number of anilines is 1. The summed E-state index contributed by atoms with van der Waals surface area (Å²) < 4.78 is 7.79. The van der Waals surface area contributed by atoms with Gasteiger partial charge in [0.25, 0.3) is 0 Å². The molecule has 0 amide bonds. The predicted octanol–water partition coefficient (Wildman–Crippen LogP) is 6.20. The Balaban J connectivity index is 1.35. The number of nitrogens with one attached hydrogen (secondary N) is 1. The molecule has 174 valence electrons. The van der Waals surface area contributed by atoms with Gasteiger partial charge in [-0.2, -0.15) is 4.98 Å². The van der Waals surface area contributed by atoms with Crippen molar-refractivity contribution >= 4 is 23.3 Å². The van der Waals surface area contributed by atoms with Crippen molar-refractivity contribution in [3.05, 3.63) is 106 Å². The second-order valence-corrected chi connectivity index (χ2v) is 9.19. The van der Waals surface area contributed by atoms with E-state index < -0.39 is 0 Å². The van der Waals surface area contributed by atoms with E-state index in [-0.39, 0.29) is 11.8 Å². The van der Waals surface area contributed by atoms with Crippen LogP contribution in [0.5, 0.6) is 5.75 Å². The van der Waals surface area contributed by atoms with Crippen molar-refractivity contribution in [2.24, 2.45) is 0 Å². The fourth-order valence-corrected chi connectivity index (χ4v) is 4.80. The molecule has 2 heterocycles. The lowest BCUT2D eigenvalue weighted by atomic mass is 9.85. The first-order valence-electron chi connectivity index (χ1n) is 11.7. The minimum atomic E-state index is -0.342. The van der Waals surface area contributed by atoms with Crippen LogP contribution in [0, 0.1) is 0 Å². The molecule has 2 aliphatic rings. The fraction of sp³-hybridized carbons (Fsp3) is 0.179.